The fourth-order valence-corrected chi connectivity index (χ4v) is 3.87. The van der Waals surface area contributed by atoms with Crippen molar-refractivity contribution in [3.05, 3.63) is 59.9 Å². The van der Waals surface area contributed by atoms with E-state index in [0.29, 0.717) is 4.75 Å². The van der Waals surface area contributed by atoms with Crippen molar-refractivity contribution >= 4 is 17.7 Å². The maximum Gasteiger partial charge on any atom is 0.191 e. The molecule has 3 rings (SSSR count). The number of nitrogens with zero attached hydrogens (tertiary/aromatic N) is 2. The number of nitrogens with one attached hydrogen (secondary N) is 2. The van der Waals surface area contributed by atoms with Gasteiger partial charge in [-0.15, -0.1) is 11.8 Å². The van der Waals surface area contributed by atoms with Crippen LogP contribution in [0.3, 0.4) is 0 Å². The minimum atomic E-state index is 0.319. The van der Waals surface area contributed by atoms with Gasteiger partial charge in [-0.2, -0.15) is 0 Å². The lowest BCUT2D eigenvalue weighted by atomic mass is 10.2. The van der Waals surface area contributed by atoms with Crippen LogP contribution in [0.2, 0.25) is 0 Å². The second-order valence-corrected chi connectivity index (χ2v) is 8.05. The molecule has 1 fully saturated rings. The van der Waals surface area contributed by atoms with Crippen molar-refractivity contribution in [3.63, 3.8) is 0 Å². The van der Waals surface area contributed by atoms with E-state index < -0.39 is 0 Å². The second-order valence-electron chi connectivity index (χ2n) is 6.51. The molecule has 1 aliphatic carbocycles. The Hall–Kier alpha value is -2.01. The lowest BCUT2D eigenvalue weighted by Crippen LogP contribution is -2.41. The fourth-order valence-electron chi connectivity index (χ4n) is 2.63. The quantitative estimate of drug-likeness (QED) is 0.591. The van der Waals surface area contributed by atoms with E-state index in [9.17, 15) is 0 Å². The van der Waals surface area contributed by atoms with E-state index in [1.165, 1.54) is 23.3 Å². The SMILES string of the molecule is CN=C(NCCc1ccc(C)nc1)NCC1(Sc2ccccc2)CC1. The van der Waals surface area contributed by atoms with Crippen molar-refractivity contribution in [2.24, 2.45) is 4.99 Å². The Morgan fingerprint density at radius 1 is 1.16 bits per heavy atom. The smallest absolute Gasteiger partial charge is 0.191 e. The van der Waals surface area contributed by atoms with Crippen LogP contribution in [0.4, 0.5) is 0 Å². The number of hydrogen-bond donors (Lipinski definition) is 2. The largest absolute Gasteiger partial charge is 0.356 e. The number of aliphatic imine (C=N–C) groups is 1. The summed E-state index contributed by atoms with van der Waals surface area (Å²) in [5.74, 6) is 0.875. The Balaban J connectivity index is 1.42. The zero-order valence-corrected chi connectivity index (χ0v) is 15.8. The van der Waals surface area contributed by atoms with E-state index in [2.05, 4.69) is 63.1 Å². The van der Waals surface area contributed by atoms with Crippen LogP contribution in [0.1, 0.15) is 24.1 Å². The lowest BCUT2D eigenvalue weighted by Gasteiger charge is -2.18. The first-order valence-electron chi connectivity index (χ1n) is 8.79. The molecule has 1 aliphatic rings. The van der Waals surface area contributed by atoms with Gasteiger partial charge in [0, 0.05) is 41.7 Å². The van der Waals surface area contributed by atoms with Crippen LogP contribution in [-0.2, 0) is 6.42 Å². The fraction of sp³-hybridized carbons (Fsp3) is 0.400. The highest BCUT2D eigenvalue weighted by Crippen LogP contribution is 2.51. The normalized spacial score (nSPS) is 15.7. The number of thioether (sulfide) groups is 1. The molecule has 1 saturated carbocycles. The Labute approximate surface area is 154 Å². The van der Waals surface area contributed by atoms with E-state index in [-0.39, 0.29) is 0 Å². The van der Waals surface area contributed by atoms with Crippen molar-refractivity contribution < 1.29 is 0 Å². The summed E-state index contributed by atoms with van der Waals surface area (Å²) in [4.78, 5) is 10.0. The van der Waals surface area contributed by atoms with Gasteiger partial charge in [0.15, 0.2) is 5.96 Å². The Kier molecular flexibility index (Phi) is 5.97. The molecule has 0 spiro atoms. The van der Waals surface area contributed by atoms with Gasteiger partial charge in [0.25, 0.3) is 0 Å². The second kappa shape index (κ2) is 8.39. The van der Waals surface area contributed by atoms with E-state index in [1.807, 2.05) is 31.9 Å². The number of guanidine groups is 1. The van der Waals surface area contributed by atoms with Gasteiger partial charge in [-0.05, 0) is 49.9 Å². The molecular weight excluding hydrogens is 328 g/mol. The third-order valence-corrected chi connectivity index (χ3v) is 5.86. The summed E-state index contributed by atoms with van der Waals surface area (Å²) in [7, 11) is 1.83. The highest BCUT2D eigenvalue weighted by molar-refractivity contribution is 8.01. The molecule has 0 bridgehead atoms. The molecule has 0 aliphatic heterocycles. The van der Waals surface area contributed by atoms with Crippen LogP contribution >= 0.6 is 11.8 Å². The van der Waals surface area contributed by atoms with Gasteiger partial charge in [0.1, 0.15) is 0 Å². The third kappa shape index (κ3) is 5.49. The van der Waals surface area contributed by atoms with Gasteiger partial charge in [-0.3, -0.25) is 9.98 Å². The Bertz CT molecular complexity index is 693. The number of hydrogen-bond acceptors (Lipinski definition) is 3. The number of pyridine rings is 1. The maximum absolute atomic E-state index is 4.34. The molecule has 0 amide bonds. The molecule has 0 atom stereocenters. The average molecular weight is 355 g/mol. The van der Waals surface area contributed by atoms with Crippen LogP contribution in [0.15, 0.2) is 58.5 Å². The molecule has 1 aromatic heterocycles. The number of rotatable bonds is 7. The van der Waals surface area contributed by atoms with Crippen LogP contribution in [0.25, 0.3) is 0 Å². The first-order chi connectivity index (χ1) is 12.2. The van der Waals surface area contributed by atoms with Crippen molar-refractivity contribution in [1.82, 2.24) is 15.6 Å². The maximum atomic E-state index is 4.34. The first-order valence-corrected chi connectivity index (χ1v) is 9.61. The predicted molar refractivity (Wildman–Crippen MR) is 106 cm³/mol. The third-order valence-electron chi connectivity index (χ3n) is 4.37. The number of aryl methyl sites for hydroxylation is 1. The number of benzene rings is 1. The van der Waals surface area contributed by atoms with Crippen molar-refractivity contribution in [2.75, 3.05) is 20.1 Å². The van der Waals surface area contributed by atoms with Crippen LogP contribution in [0.5, 0.6) is 0 Å². The molecule has 132 valence electrons. The molecule has 25 heavy (non-hydrogen) atoms. The number of aromatic nitrogens is 1. The summed E-state index contributed by atoms with van der Waals surface area (Å²) in [6.07, 6.45) is 5.40. The van der Waals surface area contributed by atoms with Crippen LogP contribution < -0.4 is 10.6 Å². The highest BCUT2D eigenvalue weighted by atomic mass is 32.2. The summed E-state index contributed by atoms with van der Waals surface area (Å²) >= 11 is 1.98. The van der Waals surface area contributed by atoms with Gasteiger partial charge in [-0.25, -0.2) is 0 Å². The van der Waals surface area contributed by atoms with E-state index in [1.54, 1.807) is 0 Å². The summed E-state index contributed by atoms with van der Waals surface area (Å²) in [6, 6.07) is 14.8. The Morgan fingerprint density at radius 3 is 2.60 bits per heavy atom. The highest BCUT2D eigenvalue weighted by Gasteiger charge is 2.43. The average Bonchev–Trinajstić information content (AvgIpc) is 3.40. The molecule has 0 radical (unpaired) electrons. The molecular formula is C20H26N4S. The van der Waals surface area contributed by atoms with E-state index in [4.69, 9.17) is 0 Å². The van der Waals surface area contributed by atoms with Crippen molar-refractivity contribution in [3.8, 4) is 0 Å². The zero-order chi connectivity index (χ0) is 17.5. The molecule has 5 heteroatoms. The molecule has 4 nitrogen and oxygen atoms in total. The molecule has 0 unspecified atom stereocenters. The monoisotopic (exact) mass is 354 g/mol. The van der Waals surface area contributed by atoms with Gasteiger partial charge < -0.3 is 10.6 Å². The summed E-state index contributed by atoms with van der Waals surface area (Å²) in [5, 5.41) is 6.89. The summed E-state index contributed by atoms with van der Waals surface area (Å²) in [5.41, 5.74) is 2.30. The summed E-state index contributed by atoms with van der Waals surface area (Å²) in [6.45, 7) is 3.80. The van der Waals surface area contributed by atoms with Crippen molar-refractivity contribution in [2.45, 2.75) is 35.8 Å². The van der Waals surface area contributed by atoms with Gasteiger partial charge in [0.05, 0.1) is 0 Å². The van der Waals surface area contributed by atoms with Crippen LogP contribution in [-0.4, -0.2) is 35.8 Å². The lowest BCUT2D eigenvalue weighted by molar-refractivity contribution is 0.759. The minimum Gasteiger partial charge on any atom is -0.356 e. The van der Waals surface area contributed by atoms with Gasteiger partial charge >= 0.3 is 0 Å². The topological polar surface area (TPSA) is 49.3 Å². The van der Waals surface area contributed by atoms with E-state index in [0.717, 1.165) is 31.2 Å². The molecule has 2 aromatic rings. The van der Waals surface area contributed by atoms with Crippen molar-refractivity contribution in [1.29, 1.82) is 0 Å². The zero-order valence-electron chi connectivity index (χ0n) is 15.0. The van der Waals surface area contributed by atoms with Gasteiger partial charge in [0.2, 0.25) is 0 Å². The summed E-state index contributed by atoms with van der Waals surface area (Å²) < 4.78 is 0.319. The van der Waals surface area contributed by atoms with E-state index >= 15 is 0 Å². The molecule has 1 heterocycles. The molecule has 1 aromatic carbocycles. The molecule has 2 N–H and O–H groups in total. The Morgan fingerprint density at radius 2 is 1.96 bits per heavy atom. The minimum absolute atomic E-state index is 0.319. The van der Waals surface area contributed by atoms with Crippen LogP contribution in [0, 0.1) is 6.92 Å². The standard InChI is InChI=1S/C20H26N4S/c1-16-8-9-17(14-23-16)10-13-22-19(21-2)24-15-20(11-12-20)25-18-6-4-3-5-7-18/h3-9,14H,10-13,15H2,1-2H3,(H2,21,22,24). The molecule has 0 saturated heterocycles. The van der Waals surface area contributed by atoms with Gasteiger partial charge in [-0.1, -0.05) is 24.3 Å². The predicted octanol–water partition coefficient (Wildman–Crippen LogP) is 3.42. The first kappa shape index (κ1) is 17.8.